The standard InChI is InChI=1S/C31H22F2N4O3/c1-17-12-22-25(13-18(17)2)35-11-10-27(22)40-28-9-8-21(14-24(28)33)36-31(39)23-16-37(3)26(15-34)29(30(23)38)19-4-6-20(32)7-5-19/h4-14,16H,1-3H3,(H,36,39). The van der Waals surface area contributed by atoms with E-state index < -0.39 is 23.0 Å². The van der Waals surface area contributed by atoms with Crippen LogP contribution in [0.2, 0.25) is 0 Å². The molecule has 40 heavy (non-hydrogen) atoms. The molecule has 0 unspecified atom stereocenters. The molecule has 1 amide bonds. The number of hydrogen-bond acceptors (Lipinski definition) is 5. The van der Waals surface area contributed by atoms with Gasteiger partial charge in [0.2, 0.25) is 5.43 Å². The number of carbonyl (C=O) groups is 1. The van der Waals surface area contributed by atoms with E-state index in [4.69, 9.17) is 4.74 Å². The third-order valence-electron chi connectivity index (χ3n) is 6.59. The van der Waals surface area contributed by atoms with Gasteiger partial charge in [-0.15, -0.1) is 0 Å². The van der Waals surface area contributed by atoms with Crippen LogP contribution in [0, 0.1) is 36.8 Å². The Labute approximate surface area is 227 Å². The fourth-order valence-electron chi connectivity index (χ4n) is 4.36. The number of anilines is 1. The summed E-state index contributed by atoms with van der Waals surface area (Å²) in [6, 6.07) is 16.4. The molecule has 0 radical (unpaired) electrons. The Balaban J connectivity index is 1.44. The molecule has 0 saturated heterocycles. The van der Waals surface area contributed by atoms with E-state index in [-0.39, 0.29) is 33.8 Å². The summed E-state index contributed by atoms with van der Waals surface area (Å²) < 4.78 is 35.7. The van der Waals surface area contributed by atoms with Crippen LogP contribution in [0.1, 0.15) is 27.2 Å². The average Bonchev–Trinajstić information content (AvgIpc) is 2.92. The van der Waals surface area contributed by atoms with Crippen molar-refractivity contribution in [3.63, 3.8) is 0 Å². The second-order valence-corrected chi connectivity index (χ2v) is 9.29. The van der Waals surface area contributed by atoms with Gasteiger partial charge in [0, 0.05) is 36.6 Å². The van der Waals surface area contributed by atoms with Gasteiger partial charge in [-0.25, -0.2) is 8.78 Å². The van der Waals surface area contributed by atoms with Gasteiger partial charge in [0.05, 0.1) is 11.1 Å². The molecule has 5 aromatic rings. The molecule has 2 aromatic heterocycles. The van der Waals surface area contributed by atoms with Gasteiger partial charge in [-0.05, 0) is 73.0 Å². The predicted molar refractivity (Wildman–Crippen MR) is 147 cm³/mol. The second kappa shape index (κ2) is 10.4. The predicted octanol–water partition coefficient (Wildman–Crippen LogP) is 6.41. The average molecular weight is 537 g/mol. The van der Waals surface area contributed by atoms with Gasteiger partial charge in [0.15, 0.2) is 11.6 Å². The molecule has 0 saturated carbocycles. The third-order valence-corrected chi connectivity index (χ3v) is 6.59. The largest absolute Gasteiger partial charge is 0.454 e. The first kappa shape index (κ1) is 26.3. The Bertz CT molecular complexity index is 1910. The maximum Gasteiger partial charge on any atom is 0.261 e. The highest BCUT2D eigenvalue weighted by molar-refractivity contribution is 6.05. The molecule has 0 fully saturated rings. The van der Waals surface area contributed by atoms with E-state index in [1.165, 1.54) is 42.1 Å². The molecule has 0 spiro atoms. The van der Waals surface area contributed by atoms with Crippen molar-refractivity contribution in [3.8, 4) is 28.7 Å². The van der Waals surface area contributed by atoms with Gasteiger partial charge in [0.25, 0.3) is 5.91 Å². The first-order valence-electron chi connectivity index (χ1n) is 12.2. The van der Waals surface area contributed by atoms with Gasteiger partial charge >= 0.3 is 0 Å². The van der Waals surface area contributed by atoms with Crippen LogP contribution in [-0.2, 0) is 7.05 Å². The normalized spacial score (nSPS) is 10.8. The number of halogens is 2. The molecule has 2 heterocycles. The highest BCUT2D eigenvalue weighted by Crippen LogP contribution is 2.33. The first-order chi connectivity index (χ1) is 19.2. The molecular formula is C31H22F2N4O3. The number of nitrogens with zero attached hydrogens (tertiary/aromatic N) is 3. The number of hydrogen-bond donors (Lipinski definition) is 1. The minimum Gasteiger partial charge on any atom is -0.454 e. The molecule has 9 heteroatoms. The smallest absolute Gasteiger partial charge is 0.261 e. The quantitative estimate of drug-likeness (QED) is 0.280. The number of aromatic nitrogens is 2. The molecular weight excluding hydrogens is 514 g/mol. The monoisotopic (exact) mass is 536 g/mol. The molecule has 5 rings (SSSR count). The number of ether oxygens (including phenoxy) is 1. The lowest BCUT2D eigenvalue weighted by Crippen LogP contribution is -2.26. The van der Waals surface area contributed by atoms with Crippen molar-refractivity contribution in [2.75, 3.05) is 5.32 Å². The lowest BCUT2D eigenvalue weighted by Gasteiger charge is -2.13. The molecule has 7 nitrogen and oxygen atoms in total. The topological polar surface area (TPSA) is 97.0 Å². The summed E-state index contributed by atoms with van der Waals surface area (Å²) in [6.07, 6.45) is 2.81. The van der Waals surface area contributed by atoms with E-state index in [1.807, 2.05) is 32.0 Å². The molecule has 198 valence electrons. The third kappa shape index (κ3) is 4.90. The number of pyridine rings is 2. The van der Waals surface area contributed by atoms with Crippen LogP contribution in [0.3, 0.4) is 0 Å². The molecule has 0 aliphatic rings. The zero-order valence-corrected chi connectivity index (χ0v) is 21.8. The maximum absolute atomic E-state index is 15.1. The van der Waals surface area contributed by atoms with Crippen LogP contribution < -0.4 is 15.5 Å². The number of nitrogens with one attached hydrogen (secondary N) is 1. The van der Waals surface area contributed by atoms with Crippen molar-refractivity contribution in [1.82, 2.24) is 9.55 Å². The number of nitriles is 1. The van der Waals surface area contributed by atoms with Crippen molar-refractivity contribution >= 4 is 22.5 Å². The number of carbonyl (C=O) groups excluding carboxylic acids is 1. The lowest BCUT2D eigenvalue weighted by molar-refractivity contribution is 0.102. The van der Waals surface area contributed by atoms with Crippen LogP contribution in [0.15, 0.2) is 77.9 Å². The fraction of sp³-hybridized carbons (Fsp3) is 0.0968. The lowest BCUT2D eigenvalue weighted by atomic mass is 10.0. The number of aryl methyl sites for hydroxylation is 3. The fourth-order valence-corrected chi connectivity index (χ4v) is 4.36. The van der Waals surface area contributed by atoms with Crippen molar-refractivity contribution < 1.29 is 18.3 Å². The first-order valence-corrected chi connectivity index (χ1v) is 12.2. The number of benzene rings is 3. The zero-order chi connectivity index (χ0) is 28.6. The summed E-state index contributed by atoms with van der Waals surface area (Å²) in [5.74, 6) is -1.67. The summed E-state index contributed by atoms with van der Waals surface area (Å²) in [6.45, 7) is 3.95. The number of rotatable bonds is 5. The van der Waals surface area contributed by atoms with Crippen LogP contribution in [0.4, 0.5) is 14.5 Å². The molecule has 0 aliphatic heterocycles. The minimum absolute atomic E-state index is 0.00898. The molecule has 3 aromatic carbocycles. The second-order valence-electron chi connectivity index (χ2n) is 9.29. The van der Waals surface area contributed by atoms with Crippen LogP contribution in [0.5, 0.6) is 11.5 Å². The maximum atomic E-state index is 15.1. The van der Waals surface area contributed by atoms with Crippen LogP contribution in [0.25, 0.3) is 22.0 Å². The van der Waals surface area contributed by atoms with E-state index in [9.17, 15) is 19.2 Å². The molecule has 0 atom stereocenters. The Morgan fingerprint density at radius 1 is 1.00 bits per heavy atom. The SMILES string of the molecule is Cc1cc2nccc(Oc3ccc(NC(=O)c4cn(C)c(C#N)c(-c5ccc(F)cc5)c4=O)cc3F)c2cc1C. The van der Waals surface area contributed by atoms with Gasteiger partial charge in [0.1, 0.15) is 28.9 Å². The van der Waals surface area contributed by atoms with Gasteiger partial charge in [-0.2, -0.15) is 5.26 Å². The van der Waals surface area contributed by atoms with E-state index in [0.717, 1.165) is 34.7 Å². The number of amides is 1. The molecule has 0 aliphatic carbocycles. The molecule has 0 bridgehead atoms. The minimum atomic E-state index is -0.799. The van der Waals surface area contributed by atoms with Gasteiger partial charge in [-0.3, -0.25) is 14.6 Å². The summed E-state index contributed by atoms with van der Waals surface area (Å²) >= 11 is 0. The van der Waals surface area contributed by atoms with Crippen molar-refractivity contribution in [2.45, 2.75) is 13.8 Å². The van der Waals surface area contributed by atoms with Crippen molar-refractivity contribution in [2.24, 2.45) is 7.05 Å². The summed E-state index contributed by atoms with van der Waals surface area (Å²) in [4.78, 5) is 30.7. The van der Waals surface area contributed by atoms with Crippen LogP contribution >= 0.6 is 0 Å². The van der Waals surface area contributed by atoms with E-state index in [0.29, 0.717) is 11.3 Å². The highest BCUT2D eigenvalue weighted by Gasteiger charge is 2.21. The van der Waals surface area contributed by atoms with Crippen molar-refractivity contribution in [3.05, 3.63) is 117 Å². The van der Waals surface area contributed by atoms with Gasteiger partial charge < -0.3 is 14.6 Å². The summed E-state index contributed by atoms with van der Waals surface area (Å²) in [5.41, 5.74) is 2.20. The zero-order valence-electron chi connectivity index (χ0n) is 21.8. The summed E-state index contributed by atoms with van der Waals surface area (Å²) in [7, 11) is 1.51. The van der Waals surface area contributed by atoms with Gasteiger partial charge in [-0.1, -0.05) is 12.1 Å². The number of fused-ring (bicyclic) bond motifs is 1. The Morgan fingerprint density at radius 3 is 2.42 bits per heavy atom. The summed E-state index contributed by atoms with van der Waals surface area (Å²) in [5, 5.41) is 12.9. The van der Waals surface area contributed by atoms with E-state index >= 15 is 4.39 Å². The highest BCUT2D eigenvalue weighted by atomic mass is 19.1. The van der Waals surface area contributed by atoms with Crippen molar-refractivity contribution in [1.29, 1.82) is 5.26 Å². The Hall–Kier alpha value is -5.36. The van der Waals surface area contributed by atoms with E-state index in [1.54, 1.807) is 12.3 Å². The Kier molecular flexibility index (Phi) is 6.84. The van der Waals surface area contributed by atoms with E-state index in [2.05, 4.69) is 10.3 Å². The molecule has 1 N–H and O–H groups in total. The Morgan fingerprint density at radius 2 is 1.73 bits per heavy atom. The van der Waals surface area contributed by atoms with Crippen LogP contribution in [-0.4, -0.2) is 15.5 Å².